The number of benzene rings is 1. The molecule has 0 bridgehead atoms. The topological polar surface area (TPSA) is 76.1 Å². The summed E-state index contributed by atoms with van der Waals surface area (Å²) >= 11 is 0. The molecule has 0 spiro atoms. The molecule has 1 aromatic carbocycles. The highest BCUT2D eigenvalue weighted by molar-refractivity contribution is 5.92. The molecule has 0 unspecified atom stereocenters. The van der Waals surface area contributed by atoms with Crippen LogP contribution >= 0.6 is 0 Å². The predicted molar refractivity (Wildman–Crippen MR) is 103 cm³/mol. The SMILES string of the molecule is C=CC(=O)Cc1ccccc1Nc1nc(NC2CCOCC2)ncc1C(F)(F)F. The van der Waals surface area contributed by atoms with Gasteiger partial charge in [0.05, 0.1) is 0 Å². The number of nitrogens with one attached hydrogen (secondary N) is 2. The predicted octanol–water partition coefficient (Wildman–Crippen LogP) is 4.13. The molecule has 0 aliphatic carbocycles. The van der Waals surface area contributed by atoms with E-state index in [0.717, 1.165) is 19.0 Å². The van der Waals surface area contributed by atoms with E-state index in [9.17, 15) is 18.0 Å². The zero-order chi connectivity index (χ0) is 20.9. The Morgan fingerprint density at radius 2 is 2.00 bits per heavy atom. The Labute approximate surface area is 166 Å². The van der Waals surface area contributed by atoms with Gasteiger partial charge in [0.25, 0.3) is 0 Å². The van der Waals surface area contributed by atoms with Crippen LogP contribution in [0.25, 0.3) is 0 Å². The van der Waals surface area contributed by atoms with Crippen molar-refractivity contribution >= 4 is 23.2 Å². The van der Waals surface area contributed by atoms with Crippen molar-refractivity contribution in [2.75, 3.05) is 23.8 Å². The number of hydrogen-bond acceptors (Lipinski definition) is 6. The van der Waals surface area contributed by atoms with Gasteiger partial charge in [0, 0.05) is 37.6 Å². The summed E-state index contributed by atoms with van der Waals surface area (Å²) in [5, 5.41) is 5.80. The number of ketones is 1. The minimum atomic E-state index is -4.63. The summed E-state index contributed by atoms with van der Waals surface area (Å²) in [7, 11) is 0. The van der Waals surface area contributed by atoms with E-state index < -0.39 is 11.7 Å². The number of anilines is 3. The van der Waals surface area contributed by atoms with Crippen LogP contribution in [0.4, 0.5) is 30.6 Å². The summed E-state index contributed by atoms with van der Waals surface area (Å²) in [4.78, 5) is 19.6. The molecule has 0 radical (unpaired) electrons. The fourth-order valence-corrected chi connectivity index (χ4v) is 2.96. The van der Waals surface area contributed by atoms with E-state index in [2.05, 4.69) is 27.2 Å². The van der Waals surface area contributed by atoms with Gasteiger partial charge in [-0.05, 0) is 30.5 Å². The van der Waals surface area contributed by atoms with Gasteiger partial charge in [0.2, 0.25) is 5.95 Å². The van der Waals surface area contributed by atoms with Crippen molar-refractivity contribution in [2.24, 2.45) is 0 Å². The highest BCUT2D eigenvalue weighted by Crippen LogP contribution is 2.35. The van der Waals surface area contributed by atoms with Crippen LogP contribution < -0.4 is 10.6 Å². The van der Waals surface area contributed by atoms with Gasteiger partial charge in [-0.3, -0.25) is 4.79 Å². The van der Waals surface area contributed by atoms with Gasteiger partial charge in [-0.2, -0.15) is 18.2 Å². The maximum absolute atomic E-state index is 13.5. The maximum atomic E-state index is 13.5. The van der Waals surface area contributed by atoms with Crippen molar-refractivity contribution in [3.63, 3.8) is 0 Å². The lowest BCUT2D eigenvalue weighted by molar-refractivity contribution is -0.137. The average molecular weight is 406 g/mol. The Bertz CT molecular complexity index is 880. The number of carbonyl (C=O) groups is 1. The second-order valence-corrected chi connectivity index (χ2v) is 6.61. The molecule has 154 valence electrons. The Morgan fingerprint density at radius 3 is 2.69 bits per heavy atom. The van der Waals surface area contributed by atoms with Crippen molar-refractivity contribution in [3.8, 4) is 0 Å². The fraction of sp³-hybridized carbons (Fsp3) is 0.350. The molecular weight excluding hydrogens is 385 g/mol. The molecule has 2 heterocycles. The highest BCUT2D eigenvalue weighted by atomic mass is 19.4. The number of halogens is 3. The lowest BCUT2D eigenvalue weighted by Crippen LogP contribution is -2.29. The monoisotopic (exact) mass is 406 g/mol. The number of allylic oxidation sites excluding steroid dienone is 1. The van der Waals surface area contributed by atoms with Crippen molar-refractivity contribution in [1.82, 2.24) is 9.97 Å². The molecule has 1 aromatic heterocycles. The lowest BCUT2D eigenvalue weighted by atomic mass is 10.1. The number of nitrogens with zero attached hydrogens (tertiary/aromatic N) is 2. The third-order valence-corrected chi connectivity index (χ3v) is 4.51. The fourth-order valence-electron chi connectivity index (χ4n) is 2.96. The molecule has 3 rings (SSSR count). The normalized spacial score (nSPS) is 15.0. The van der Waals surface area contributed by atoms with Crippen LogP contribution in [0.5, 0.6) is 0 Å². The number of ether oxygens (including phenoxy) is 1. The van der Waals surface area contributed by atoms with Crippen LogP contribution in [0.3, 0.4) is 0 Å². The largest absolute Gasteiger partial charge is 0.421 e. The molecule has 0 saturated carbocycles. The van der Waals surface area contributed by atoms with Crippen molar-refractivity contribution in [2.45, 2.75) is 31.5 Å². The van der Waals surface area contributed by atoms with Gasteiger partial charge >= 0.3 is 6.18 Å². The van der Waals surface area contributed by atoms with Crippen LogP contribution in [0.1, 0.15) is 24.0 Å². The molecule has 29 heavy (non-hydrogen) atoms. The first-order valence-corrected chi connectivity index (χ1v) is 9.15. The zero-order valence-corrected chi connectivity index (χ0v) is 15.6. The highest BCUT2D eigenvalue weighted by Gasteiger charge is 2.35. The minimum absolute atomic E-state index is 0.0201. The maximum Gasteiger partial charge on any atom is 0.421 e. The van der Waals surface area contributed by atoms with Crippen LogP contribution in [0.15, 0.2) is 43.1 Å². The Balaban J connectivity index is 1.91. The van der Waals surface area contributed by atoms with E-state index in [-0.39, 0.29) is 30.0 Å². The molecule has 9 heteroatoms. The summed E-state index contributed by atoms with van der Waals surface area (Å²) in [6, 6.07) is 6.67. The number of aromatic nitrogens is 2. The second kappa shape index (κ2) is 9.04. The summed E-state index contributed by atoms with van der Waals surface area (Å²) in [5.74, 6) is -0.507. The summed E-state index contributed by atoms with van der Waals surface area (Å²) in [6.45, 7) is 4.58. The van der Waals surface area contributed by atoms with Gasteiger partial charge in [0.15, 0.2) is 5.78 Å². The number of hydrogen-bond donors (Lipinski definition) is 2. The number of alkyl halides is 3. The van der Waals surface area contributed by atoms with E-state index in [1.807, 2.05) is 0 Å². The van der Waals surface area contributed by atoms with E-state index in [1.54, 1.807) is 24.3 Å². The van der Waals surface area contributed by atoms with Gasteiger partial charge in [-0.25, -0.2) is 4.98 Å². The van der Waals surface area contributed by atoms with Crippen molar-refractivity contribution in [1.29, 1.82) is 0 Å². The van der Waals surface area contributed by atoms with Crippen LogP contribution in [-0.2, 0) is 22.1 Å². The number of rotatable bonds is 7. The lowest BCUT2D eigenvalue weighted by Gasteiger charge is -2.23. The summed E-state index contributed by atoms with van der Waals surface area (Å²) in [6.07, 6.45) is -1.23. The van der Waals surface area contributed by atoms with E-state index in [4.69, 9.17) is 4.74 Å². The minimum Gasteiger partial charge on any atom is -0.381 e. The van der Waals surface area contributed by atoms with Crippen molar-refractivity contribution in [3.05, 3.63) is 54.2 Å². The first-order chi connectivity index (χ1) is 13.9. The standard InChI is InChI=1S/C20H21F3N4O2/c1-2-15(28)11-13-5-3-4-6-17(13)26-18-16(20(21,22)23)12-24-19(27-18)25-14-7-9-29-10-8-14/h2-6,12,14H,1,7-11H2,(H2,24,25,26,27). The summed E-state index contributed by atoms with van der Waals surface area (Å²) < 4.78 is 45.7. The molecule has 6 nitrogen and oxygen atoms in total. The van der Waals surface area contributed by atoms with E-state index >= 15 is 0 Å². The van der Waals surface area contributed by atoms with Crippen LogP contribution in [0.2, 0.25) is 0 Å². The van der Waals surface area contributed by atoms with Gasteiger partial charge in [-0.1, -0.05) is 24.8 Å². The van der Waals surface area contributed by atoms with Gasteiger partial charge < -0.3 is 15.4 Å². The number of carbonyl (C=O) groups excluding carboxylic acids is 1. The molecule has 1 aliphatic rings. The molecular formula is C20H21F3N4O2. The number of para-hydroxylation sites is 1. The van der Waals surface area contributed by atoms with Crippen molar-refractivity contribution < 1.29 is 22.7 Å². The first kappa shape index (κ1) is 20.8. The molecule has 0 amide bonds. The Morgan fingerprint density at radius 1 is 1.28 bits per heavy atom. The molecule has 2 N–H and O–H groups in total. The van der Waals surface area contributed by atoms with Crippen LogP contribution in [-0.4, -0.2) is 35.0 Å². The third kappa shape index (κ3) is 5.54. The van der Waals surface area contributed by atoms with E-state index in [0.29, 0.717) is 24.5 Å². The first-order valence-electron chi connectivity index (χ1n) is 9.15. The second-order valence-electron chi connectivity index (χ2n) is 6.61. The van der Waals surface area contributed by atoms with E-state index in [1.165, 1.54) is 6.08 Å². The summed E-state index contributed by atoms with van der Waals surface area (Å²) in [5.41, 5.74) is -0.0770. The molecule has 1 fully saturated rings. The third-order valence-electron chi connectivity index (χ3n) is 4.51. The molecule has 0 atom stereocenters. The Hall–Kier alpha value is -2.94. The molecule has 1 saturated heterocycles. The molecule has 1 aliphatic heterocycles. The quantitative estimate of drug-likeness (QED) is 0.674. The Kier molecular flexibility index (Phi) is 6.48. The van der Waals surface area contributed by atoms with Gasteiger partial charge in [-0.15, -0.1) is 0 Å². The molecule has 2 aromatic rings. The smallest absolute Gasteiger partial charge is 0.381 e. The average Bonchev–Trinajstić information content (AvgIpc) is 2.69. The van der Waals surface area contributed by atoms with Crippen LogP contribution in [0, 0.1) is 0 Å². The zero-order valence-electron chi connectivity index (χ0n) is 15.6. The van der Waals surface area contributed by atoms with Gasteiger partial charge in [0.1, 0.15) is 11.4 Å².